The Morgan fingerprint density at radius 3 is 2.41 bits per heavy atom. The van der Waals surface area contributed by atoms with Crippen LogP contribution in [0.3, 0.4) is 0 Å². The molecule has 22 heavy (non-hydrogen) atoms. The molecule has 1 aliphatic heterocycles. The van der Waals surface area contributed by atoms with Gasteiger partial charge in [0.1, 0.15) is 0 Å². The number of halogens is 4. The molecular weight excluding hydrogens is 406 g/mol. The number of hydrogen-bond donors (Lipinski definition) is 1. The van der Waals surface area contributed by atoms with E-state index in [1.807, 2.05) is 6.07 Å². The van der Waals surface area contributed by atoms with Crippen LogP contribution in [-0.4, -0.2) is 31.1 Å². The molecule has 0 amide bonds. The summed E-state index contributed by atoms with van der Waals surface area (Å²) in [5, 5.41) is 4.26. The topological polar surface area (TPSA) is 15.3 Å². The lowest BCUT2D eigenvalue weighted by Crippen LogP contribution is -2.45. The monoisotopic (exact) mass is 430 g/mol. The summed E-state index contributed by atoms with van der Waals surface area (Å²) in [7, 11) is 0. The lowest BCUT2D eigenvalue weighted by molar-refractivity contribution is 0.159. The number of benzene rings is 1. The van der Waals surface area contributed by atoms with Gasteiger partial charge in [-0.3, -0.25) is 4.90 Å². The van der Waals surface area contributed by atoms with Crippen molar-refractivity contribution in [3.8, 4) is 0 Å². The largest absolute Gasteiger partial charge is 0.314 e. The minimum Gasteiger partial charge on any atom is -0.314 e. The molecule has 6 heteroatoms. The number of nitrogens with zero attached hydrogens (tertiary/aromatic N) is 1. The molecule has 0 aromatic heterocycles. The van der Waals surface area contributed by atoms with Crippen LogP contribution in [0.25, 0.3) is 0 Å². The Morgan fingerprint density at radius 1 is 1.18 bits per heavy atom. The highest BCUT2D eigenvalue weighted by Crippen LogP contribution is 2.34. The van der Waals surface area contributed by atoms with E-state index < -0.39 is 0 Å². The Morgan fingerprint density at radius 2 is 1.82 bits per heavy atom. The van der Waals surface area contributed by atoms with Crippen molar-refractivity contribution in [2.75, 3.05) is 26.2 Å². The van der Waals surface area contributed by atoms with Gasteiger partial charge in [0.15, 0.2) is 0 Å². The van der Waals surface area contributed by atoms with Gasteiger partial charge in [0, 0.05) is 41.7 Å². The average Bonchev–Trinajstić information content (AvgIpc) is 2.43. The van der Waals surface area contributed by atoms with Gasteiger partial charge in [0.25, 0.3) is 0 Å². The molecule has 1 aromatic carbocycles. The van der Waals surface area contributed by atoms with Crippen LogP contribution in [-0.2, 0) is 0 Å². The maximum Gasteiger partial charge on any atom is 0.0410 e. The molecule has 128 valence electrons. The fourth-order valence-electron chi connectivity index (χ4n) is 2.79. The maximum atomic E-state index is 6.21. The van der Waals surface area contributed by atoms with Gasteiger partial charge in [-0.2, -0.15) is 0 Å². The van der Waals surface area contributed by atoms with E-state index in [-0.39, 0.29) is 24.8 Å². The first-order chi connectivity index (χ1) is 9.58. The zero-order valence-corrected chi connectivity index (χ0v) is 17.1. The third kappa shape index (κ3) is 6.54. The standard InChI is InChI=1S/C16H24BrClN2.2ClH/c1-12(2)3-6-16(20-9-7-19-8-10-20)14-11-13(18)4-5-15(14)17;;/h4-5,11-12,16,19H,3,6-10H2,1-2H3;2*1H/t16-;;/m1../s1. The van der Waals surface area contributed by atoms with Gasteiger partial charge in [-0.15, -0.1) is 24.8 Å². The van der Waals surface area contributed by atoms with E-state index in [2.05, 4.69) is 52.1 Å². The van der Waals surface area contributed by atoms with Crippen LogP contribution >= 0.6 is 52.3 Å². The molecule has 1 saturated heterocycles. The van der Waals surface area contributed by atoms with Crippen molar-refractivity contribution in [3.63, 3.8) is 0 Å². The quantitative estimate of drug-likeness (QED) is 0.677. The third-order valence-corrected chi connectivity index (χ3v) is 4.88. The Kier molecular flexibility index (Phi) is 11.4. The van der Waals surface area contributed by atoms with Gasteiger partial charge >= 0.3 is 0 Å². The van der Waals surface area contributed by atoms with Crippen LogP contribution in [0.5, 0.6) is 0 Å². The van der Waals surface area contributed by atoms with Gasteiger partial charge in [0.05, 0.1) is 0 Å². The number of nitrogens with one attached hydrogen (secondary N) is 1. The van der Waals surface area contributed by atoms with Crippen molar-refractivity contribution in [3.05, 3.63) is 33.3 Å². The predicted molar refractivity (Wildman–Crippen MR) is 105 cm³/mol. The van der Waals surface area contributed by atoms with Crippen LogP contribution in [0.2, 0.25) is 5.02 Å². The summed E-state index contributed by atoms with van der Waals surface area (Å²) in [6, 6.07) is 6.61. The number of piperazine rings is 1. The molecule has 0 spiro atoms. The van der Waals surface area contributed by atoms with E-state index in [1.165, 1.54) is 22.9 Å². The molecule has 0 radical (unpaired) electrons. The molecule has 1 fully saturated rings. The summed E-state index contributed by atoms with van der Waals surface area (Å²) in [5.41, 5.74) is 1.33. The first-order valence-corrected chi connectivity index (χ1v) is 8.64. The molecule has 0 unspecified atom stereocenters. The van der Waals surface area contributed by atoms with E-state index in [9.17, 15) is 0 Å². The maximum absolute atomic E-state index is 6.21. The predicted octanol–water partition coefficient (Wildman–Crippen LogP) is 5.33. The molecule has 1 N–H and O–H groups in total. The summed E-state index contributed by atoms with van der Waals surface area (Å²) in [6.45, 7) is 8.97. The van der Waals surface area contributed by atoms with Crippen LogP contribution in [0.15, 0.2) is 22.7 Å². The SMILES string of the molecule is CC(C)CC[C@H](c1cc(Cl)ccc1Br)N1CCNCC1.Cl.Cl. The van der Waals surface area contributed by atoms with E-state index in [0.717, 1.165) is 37.1 Å². The van der Waals surface area contributed by atoms with Crippen LogP contribution in [0.4, 0.5) is 0 Å². The highest BCUT2D eigenvalue weighted by atomic mass is 79.9. The molecule has 1 atom stereocenters. The number of rotatable bonds is 5. The van der Waals surface area contributed by atoms with Crippen molar-refractivity contribution in [1.82, 2.24) is 10.2 Å². The first-order valence-electron chi connectivity index (χ1n) is 7.47. The van der Waals surface area contributed by atoms with Crippen LogP contribution < -0.4 is 5.32 Å². The van der Waals surface area contributed by atoms with Gasteiger partial charge in [-0.25, -0.2) is 0 Å². The van der Waals surface area contributed by atoms with Gasteiger partial charge < -0.3 is 5.32 Å². The van der Waals surface area contributed by atoms with E-state index in [1.54, 1.807) is 0 Å². The first kappa shape index (κ1) is 22.5. The molecule has 0 bridgehead atoms. The second kappa shape index (κ2) is 11.1. The Labute approximate surface area is 160 Å². The van der Waals surface area contributed by atoms with Crippen LogP contribution in [0.1, 0.15) is 38.3 Å². The fourth-order valence-corrected chi connectivity index (χ4v) is 3.48. The van der Waals surface area contributed by atoms with Crippen molar-refractivity contribution in [2.24, 2.45) is 5.92 Å². The molecule has 1 aromatic rings. The summed E-state index contributed by atoms with van der Waals surface area (Å²) in [5.74, 6) is 0.735. The second-order valence-electron chi connectivity index (χ2n) is 5.94. The average molecular weight is 433 g/mol. The van der Waals surface area contributed by atoms with E-state index in [4.69, 9.17) is 11.6 Å². The third-order valence-electron chi connectivity index (χ3n) is 3.93. The van der Waals surface area contributed by atoms with Crippen molar-refractivity contribution >= 4 is 52.3 Å². The van der Waals surface area contributed by atoms with E-state index in [0.29, 0.717) is 6.04 Å². The lowest BCUT2D eigenvalue weighted by Gasteiger charge is -2.36. The molecule has 1 heterocycles. The minimum atomic E-state index is 0. The zero-order valence-electron chi connectivity index (χ0n) is 13.1. The smallest absolute Gasteiger partial charge is 0.0410 e. The van der Waals surface area contributed by atoms with E-state index >= 15 is 0 Å². The highest BCUT2D eigenvalue weighted by molar-refractivity contribution is 9.10. The fraction of sp³-hybridized carbons (Fsp3) is 0.625. The molecule has 0 aliphatic carbocycles. The normalized spacial score (nSPS) is 16.8. The van der Waals surface area contributed by atoms with Gasteiger partial charge in [-0.05, 0) is 42.5 Å². The summed E-state index contributed by atoms with van der Waals surface area (Å²) >= 11 is 9.91. The lowest BCUT2D eigenvalue weighted by atomic mass is 9.96. The Hall–Kier alpha value is 0.490. The van der Waals surface area contributed by atoms with Crippen LogP contribution in [0, 0.1) is 5.92 Å². The minimum absolute atomic E-state index is 0. The zero-order chi connectivity index (χ0) is 14.5. The molecule has 2 rings (SSSR count). The molecule has 1 aliphatic rings. The molecule has 0 saturated carbocycles. The van der Waals surface area contributed by atoms with Gasteiger partial charge in [-0.1, -0.05) is 41.4 Å². The molecular formula is C16H26BrCl3N2. The van der Waals surface area contributed by atoms with Crippen molar-refractivity contribution in [2.45, 2.75) is 32.7 Å². The summed E-state index contributed by atoms with van der Waals surface area (Å²) in [4.78, 5) is 2.59. The molecule has 2 nitrogen and oxygen atoms in total. The Bertz CT molecular complexity index is 437. The summed E-state index contributed by atoms with van der Waals surface area (Å²) < 4.78 is 1.18. The van der Waals surface area contributed by atoms with Crippen molar-refractivity contribution in [1.29, 1.82) is 0 Å². The van der Waals surface area contributed by atoms with Crippen molar-refractivity contribution < 1.29 is 0 Å². The highest BCUT2D eigenvalue weighted by Gasteiger charge is 2.24. The number of hydrogen-bond acceptors (Lipinski definition) is 2. The van der Waals surface area contributed by atoms with Gasteiger partial charge in [0.2, 0.25) is 0 Å². The Balaban J connectivity index is 0.00000220. The second-order valence-corrected chi connectivity index (χ2v) is 7.23. The summed E-state index contributed by atoms with van der Waals surface area (Å²) in [6.07, 6.45) is 2.43.